The second kappa shape index (κ2) is 7.83. The van der Waals surface area contributed by atoms with E-state index in [0.717, 1.165) is 10.2 Å². The average molecular weight is 377 g/mol. The van der Waals surface area contributed by atoms with Crippen LogP contribution in [-0.2, 0) is 11.8 Å². The number of nitrogens with zero attached hydrogens (tertiary/aromatic N) is 3. The first kappa shape index (κ1) is 19.0. The molecule has 0 bridgehead atoms. The molecule has 3 rings (SSSR count). The Kier molecular flexibility index (Phi) is 5.30. The Morgan fingerprint density at radius 1 is 1.04 bits per heavy atom. The molecule has 28 heavy (non-hydrogen) atoms. The van der Waals surface area contributed by atoms with Gasteiger partial charge in [0.05, 0.1) is 11.1 Å². The van der Waals surface area contributed by atoms with Crippen LogP contribution in [0.25, 0.3) is 10.8 Å². The summed E-state index contributed by atoms with van der Waals surface area (Å²) in [5, 5.41) is 11.8. The van der Waals surface area contributed by atoms with Crippen LogP contribution < -0.4 is 16.3 Å². The van der Waals surface area contributed by atoms with Crippen LogP contribution >= 0.6 is 0 Å². The van der Waals surface area contributed by atoms with Gasteiger partial charge in [-0.1, -0.05) is 30.3 Å². The Hall–Kier alpha value is -3.81. The Bertz CT molecular complexity index is 1160. The van der Waals surface area contributed by atoms with Crippen molar-refractivity contribution in [3.8, 4) is 0 Å². The fourth-order valence-corrected chi connectivity index (χ4v) is 2.74. The second-order valence-electron chi connectivity index (χ2n) is 6.22. The van der Waals surface area contributed by atoms with Gasteiger partial charge in [-0.15, -0.1) is 0 Å². The molecule has 0 saturated heterocycles. The second-order valence-corrected chi connectivity index (χ2v) is 6.22. The molecule has 0 saturated carbocycles. The van der Waals surface area contributed by atoms with E-state index in [2.05, 4.69) is 20.9 Å². The summed E-state index contributed by atoms with van der Waals surface area (Å²) in [6.45, 7) is 3.16. The van der Waals surface area contributed by atoms with Crippen molar-refractivity contribution >= 4 is 34.0 Å². The predicted octanol–water partition coefficient (Wildman–Crippen LogP) is 2.05. The highest BCUT2D eigenvalue weighted by molar-refractivity contribution is 6.06. The Balaban J connectivity index is 1.88. The molecule has 0 aliphatic rings. The topological polar surface area (TPSA) is 105 Å². The lowest BCUT2D eigenvalue weighted by Crippen LogP contribution is -2.27. The Labute approximate surface area is 160 Å². The molecule has 1 aromatic heterocycles. The minimum Gasteiger partial charge on any atom is -0.326 e. The van der Waals surface area contributed by atoms with Gasteiger partial charge in [-0.3, -0.25) is 14.4 Å². The molecule has 0 atom stereocenters. The molecular weight excluding hydrogens is 358 g/mol. The molecule has 0 radical (unpaired) electrons. The van der Waals surface area contributed by atoms with E-state index < -0.39 is 5.91 Å². The first-order valence-corrected chi connectivity index (χ1v) is 8.55. The Morgan fingerprint density at radius 2 is 1.75 bits per heavy atom. The van der Waals surface area contributed by atoms with Crippen LogP contribution in [0.5, 0.6) is 0 Å². The molecule has 2 amide bonds. The molecule has 0 unspecified atom stereocenters. The van der Waals surface area contributed by atoms with E-state index in [4.69, 9.17) is 0 Å². The number of hydrogen-bond donors (Lipinski definition) is 2. The fourth-order valence-electron chi connectivity index (χ4n) is 2.74. The van der Waals surface area contributed by atoms with Crippen LogP contribution in [0.15, 0.2) is 58.4 Å². The van der Waals surface area contributed by atoms with Crippen molar-refractivity contribution in [3.05, 3.63) is 70.1 Å². The van der Waals surface area contributed by atoms with Crippen LogP contribution in [0.2, 0.25) is 0 Å². The highest BCUT2D eigenvalue weighted by atomic mass is 16.2. The van der Waals surface area contributed by atoms with Crippen molar-refractivity contribution in [1.82, 2.24) is 15.2 Å². The van der Waals surface area contributed by atoms with Gasteiger partial charge >= 0.3 is 0 Å². The van der Waals surface area contributed by atoms with Gasteiger partial charge < -0.3 is 5.32 Å². The normalized spacial score (nSPS) is 11.3. The quantitative estimate of drug-likeness (QED) is 0.536. The van der Waals surface area contributed by atoms with Crippen molar-refractivity contribution in [3.63, 3.8) is 0 Å². The molecule has 2 N–H and O–H groups in total. The third-order valence-electron chi connectivity index (χ3n) is 4.10. The maximum atomic E-state index is 12.6. The van der Waals surface area contributed by atoms with Gasteiger partial charge in [0.15, 0.2) is 5.69 Å². The highest BCUT2D eigenvalue weighted by Crippen LogP contribution is 2.14. The summed E-state index contributed by atoms with van der Waals surface area (Å²) in [6, 6.07) is 13.9. The third kappa shape index (κ3) is 3.96. The first-order chi connectivity index (χ1) is 13.4. The van der Waals surface area contributed by atoms with E-state index in [0.29, 0.717) is 22.2 Å². The number of aromatic nitrogens is 2. The molecular formula is C20H19N5O3. The van der Waals surface area contributed by atoms with Crippen molar-refractivity contribution in [2.75, 3.05) is 5.32 Å². The monoisotopic (exact) mass is 377 g/mol. The maximum absolute atomic E-state index is 12.6. The molecule has 0 fully saturated rings. The lowest BCUT2D eigenvalue weighted by atomic mass is 10.1. The average Bonchev–Trinajstić information content (AvgIpc) is 2.68. The van der Waals surface area contributed by atoms with E-state index in [1.54, 1.807) is 49.4 Å². The number of hydrogen-bond acceptors (Lipinski definition) is 5. The van der Waals surface area contributed by atoms with Crippen LogP contribution in [0.4, 0.5) is 5.69 Å². The summed E-state index contributed by atoms with van der Waals surface area (Å²) < 4.78 is 1.13. The number of benzene rings is 2. The minimum atomic E-state index is -0.524. The van der Waals surface area contributed by atoms with E-state index in [9.17, 15) is 14.4 Å². The van der Waals surface area contributed by atoms with Gasteiger partial charge in [0, 0.05) is 25.0 Å². The van der Waals surface area contributed by atoms with Crippen molar-refractivity contribution in [2.24, 2.45) is 12.1 Å². The zero-order valence-corrected chi connectivity index (χ0v) is 15.7. The number of carbonyl (C=O) groups is 2. The maximum Gasteiger partial charge on any atom is 0.292 e. The van der Waals surface area contributed by atoms with Crippen molar-refractivity contribution in [1.29, 1.82) is 0 Å². The van der Waals surface area contributed by atoms with E-state index in [1.807, 2.05) is 6.07 Å². The number of hydrazone groups is 1. The lowest BCUT2D eigenvalue weighted by molar-refractivity contribution is -0.114. The molecule has 8 heteroatoms. The van der Waals surface area contributed by atoms with Gasteiger partial charge in [-0.2, -0.15) is 10.2 Å². The largest absolute Gasteiger partial charge is 0.326 e. The van der Waals surface area contributed by atoms with Gasteiger partial charge in [-0.25, -0.2) is 10.1 Å². The Morgan fingerprint density at radius 3 is 2.46 bits per heavy atom. The summed E-state index contributed by atoms with van der Waals surface area (Å²) in [5.74, 6) is -0.697. The standard InChI is InChI=1S/C20H19N5O3/c1-12(14-7-6-8-15(11-14)21-13(2)26)22-23-19(27)18-16-9-4-5-10-17(16)20(28)25(3)24-18/h4-11H,1-3H3,(H,21,26)(H,23,27)/b22-12+. The van der Waals surface area contributed by atoms with Crippen LogP contribution in [-0.4, -0.2) is 27.3 Å². The van der Waals surface area contributed by atoms with Crippen molar-refractivity contribution < 1.29 is 9.59 Å². The number of fused-ring (bicyclic) bond motifs is 1. The molecule has 3 aromatic rings. The molecule has 142 valence electrons. The lowest BCUT2D eigenvalue weighted by Gasteiger charge is -2.08. The minimum absolute atomic E-state index is 0.112. The number of amides is 2. The van der Waals surface area contributed by atoms with E-state index in [1.165, 1.54) is 14.0 Å². The van der Waals surface area contributed by atoms with E-state index >= 15 is 0 Å². The number of nitrogens with one attached hydrogen (secondary N) is 2. The predicted molar refractivity (Wildman–Crippen MR) is 107 cm³/mol. The number of rotatable bonds is 4. The third-order valence-corrected chi connectivity index (χ3v) is 4.10. The molecule has 8 nitrogen and oxygen atoms in total. The van der Waals surface area contributed by atoms with E-state index in [-0.39, 0.29) is 17.2 Å². The van der Waals surface area contributed by atoms with Crippen LogP contribution in [0.1, 0.15) is 29.9 Å². The highest BCUT2D eigenvalue weighted by Gasteiger charge is 2.15. The number of carbonyl (C=O) groups excluding carboxylic acids is 2. The smallest absolute Gasteiger partial charge is 0.292 e. The number of anilines is 1. The summed E-state index contributed by atoms with van der Waals surface area (Å²) >= 11 is 0. The SMILES string of the molecule is CC(=O)Nc1cccc(/C(C)=N/NC(=O)c2nn(C)c(=O)c3ccccc23)c1. The van der Waals surface area contributed by atoms with Gasteiger partial charge in [0.2, 0.25) is 5.91 Å². The molecule has 0 aliphatic carbocycles. The zero-order chi connectivity index (χ0) is 20.3. The van der Waals surface area contributed by atoms with Crippen LogP contribution in [0.3, 0.4) is 0 Å². The van der Waals surface area contributed by atoms with Gasteiger partial charge in [0.25, 0.3) is 11.5 Å². The molecule has 2 aromatic carbocycles. The zero-order valence-electron chi connectivity index (χ0n) is 15.7. The number of aryl methyl sites for hydroxylation is 1. The summed E-state index contributed by atoms with van der Waals surface area (Å²) in [7, 11) is 1.49. The molecule has 0 spiro atoms. The summed E-state index contributed by atoms with van der Waals surface area (Å²) in [5.41, 5.74) is 4.24. The van der Waals surface area contributed by atoms with Gasteiger partial charge in [-0.05, 0) is 30.7 Å². The van der Waals surface area contributed by atoms with Crippen molar-refractivity contribution in [2.45, 2.75) is 13.8 Å². The molecule has 0 aliphatic heterocycles. The van der Waals surface area contributed by atoms with Gasteiger partial charge in [0.1, 0.15) is 0 Å². The summed E-state index contributed by atoms with van der Waals surface area (Å²) in [4.78, 5) is 36.0. The summed E-state index contributed by atoms with van der Waals surface area (Å²) in [6.07, 6.45) is 0. The fraction of sp³-hybridized carbons (Fsp3) is 0.150. The molecule has 1 heterocycles. The first-order valence-electron chi connectivity index (χ1n) is 8.55. The van der Waals surface area contributed by atoms with Crippen LogP contribution in [0, 0.1) is 0 Å².